The first-order valence-corrected chi connectivity index (χ1v) is 6.43. The molecule has 0 aliphatic rings. The minimum absolute atomic E-state index is 0.266. The predicted molar refractivity (Wildman–Crippen MR) is 78.0 cm³/mol. The van der Waals surface area contributed by atoms with Gasteiger partial charge in [-0.05, 0) is 36.4 Å². The Hall–Kier alpha value is -1.88. The molecule has 2 rings (SSSR count). The third-order valence-electron chi connectivity index (χ3n) is 2.58. The molecule has 0 aliphatic carbocycles. The van der Waals surface area contributed by atoms with Crippen molar-refractivity contribution in [1.82, 2.24) is 0 Å². The Bertz CT molecular complexity index is 616. The molecule has 0 bridgehead atoms. The van der Waals surface area contributed by atoms with Crippen LogP contribution in [0, 0.1) is 5.82 Å². The number of benzene rings is 2. The van der Waals surface area contributed by atoms with E-state index in [1.165, 1.54) is 18.2 Å². The molecule has 0 heterocycles. The number of carbonyl (C=O) groups is 1. The smallest absolute Gasteiger partial charge is 0.257 e. The second-order valence-electron chi connectivity index (χ2n) is 3.90. The summed E-state index contributed by atoms with van der Waals surface area (Å²) in [6.45, 7) is 0. The van der Waals surface area contributed by atoms with E-state index in [2.05, 4.69) is 26.6 Å². The molecule has 3 nitrogen and oxygen atoms in total. The van der Waals surface area contributed by atoms with E-state index >= 15 is 0 Å². The molecule has 5 heteroatoms. The first-order valence-electron chi connectivity index (χ1n) is 5.64. The zero-order valence-corrected chi connectivity index (χ0v) is 11.8. The molecule has 0 aliphatic heterocycles. The van der Waals surface area contributed by atoms with Crippen LogP contribution in [0.25, 0.3) is 0 Å². The summed E-state index contributed by atoms with van der Waals surface area (Å²) >= 11 is 3.32. The van der Waals surface area contributed by atoms with E-state index < -0.39 is 5.82 Å². The third-order valence-corrected chi connectivity index (χ3v) is 3.07. The van der Waals surface area contributed by atoms with Gasteiger partial charge in [0.05, 0.1) is 5.56 Å². The van der Waals surface area contributed by atoms with Gasteiger partial charge in [-0.3, -0.25) is 4.79 Å². The summed E-state index contributed by atoms with van der Waals surface area (Å²) in [5.41, 5.74) is 1.49. The van der Waals surface area contributed by atoms with Crippen LogP contribution < -0.4 is 10.6 Å². The molecule has 2 aromatic rings. The van der Waals surface area contributed by atoms with Gasteiger partial charge in [0.1, 0.15) is 5.82 Å². The van der Waals surface area contributed by atoms with Gasteiger partial charge in [0, 0.05) is 22.9 Å². The lowest BCUT2D eigenvalue weighted by Crippen LogP contribution is -2.14. The first kappa shape index (κ1) is 13.5. The van der Waals surface area contributed by atoms with Crippen LogP contribution in [0.5, 0.6) is 0 Å². The predicted octanol–water partition coefficient (Wildman–Crippen LogP) is 3.88. The maximum absolute atomic E-state index is 13.2. The van der Waals surface area contributed by atoms with Crippen LogP contribution >= 0.6 is 15.9 Å². The molecule has 0 atom stereocenters. The van der Waals surface area contributed by atoms with Gasteiger partial charge in [-0.15, -0.1) is 0 Å². The van der Waals surface area contributed by atoms with E-state index in [1.807, 2.05) is 12.1 Å². The monoisotopic (exact) mass is 322 g/mol. The summed E-state index contributed by atoms with van der Waals surface area (Å²) in [5.74, 6) is -0.805. The van der Waals surface area contributed by atoms with Crippen molar-refractivity contribution in [2.24, 2.45) is 0 Å². The largest absolute Gasteiger partial charge is 0.387 e. The highest BCUT2D eigenvalue weighted by Gasteiger charge is 2.12. The highest BCUT2D eigenvalue weighted by molar-refractivity contribution is 9.10. The van der Waals surface area contributed by atoms with Gasteiger partial charge in [-0.1, -0.05) is 22.0 Å². The summed E-state index contributed by atoms with van der Waals surface area (Å²) in [6.07, 6.45) is 0. The van der Waals surface area contributed by atoms with E-state index in [-0.39, 0.29) is 11.5 Å². The van der Waals surface area contributed by atoms with E-state index in [0.717, 1.165) is 4.47 Å². The molecule has 2 aromatic carbocycles. The lowest BCUT2D eigenvalue weighted by molar-refractivity contribution is 0.102. The maximum atomic E-state index is 13.2. The molecule has 0 unspecified atom stereocenters. The van der Waals surface area contributed by atoms with Crippen molar-refractivity contribution in [3.8, 4) is 0 Å². The zero-order valence-electron chi connectivity index (χ0n) is 10.2. The van der Waals surface area contributed by atoms with Crippen molar-refractivity contribution in [3.05, 3.63) is 58.3 Å². The summed E-state index contributed by atoms with van der Waals surface area (Å²) < 4.78 is 14.1. The Morgan fingerprint density at radius 2 is 2.00 bits per heavy atom. The number of rotatable bonds is 3. The van der Waals surface area contributed by atoms with E-state index in [9.17, 15) is 9.18 Å². The van der Waals surface area contributed by atoms with Gasteiger partial charge in [-0.2, -0.15) is 0 Å². The molecular formula is C14H12BrFN2O. The minimum atomic E-state index is -0.446. The lowest BCUT2D eigenvalue weighted by Gasteiger charge is -2.10. The Morgan fingerprint density at radius 3 is 2.68 bits per heavy atom. The Balaban J connectivity index is 2.27. The number of carbonyl (C=O) groups excluding carboxylic acids is 1. The van der Waals surface area contributed by atoms with Crippen LogP contribution in [0.4, 0.5) is 15.8 Å². The summed E-state index contributed by atoms with van der Waals surface area (Å²) in [5, 5.41) is 5.59. The molecule has 98 valence electrons. The SMILES string of the molecule is CNc1ccc(F)cc1C(=O)Nc1cccc(Br)c1. The van der Waals surface area contributed by atoms with Crippen LogP contribution in [0.15, 0.2) is 46.9 Å². The van der Waals surface area contributed by atoms with E-state index in [0.29, 0.717) is 11.4 Å². The summed E-state index contributed by atoms with van der Waals surface area (Å²) in [4.78, 5) is 12.1. The molecule has 1 amide bonds. The molecule has 0 fully saturated rings. The number of halogens is 2. The molecule has 0 saturated heterocycles. The molecule has 0 aromatic heterocycles. The van der Waals surface area contributed by atoms with Crippen molar-refractivity contribution >= 4 is 33.2 Å². The fraction of sp³-hybridized carbons (Fsp3) is 0.0714. The third kappa shape index (κ3) is 3.32. The molecule has 2 N–H and O–H groups in total. The van der Waals surface area contributed by atoms with Crippen LogP contribution in [-0.2, 0) is 0 Å². The fourth-order valence-corrected chi connectivity index (χ4v) is 2.09. The summed E-state index contributed by atoms with van der Waals surface area (Å²) in [6, 6.07) is 11.3. The number of hydrogen-bond donors (Lipinski definition) is 2. The number of hydrogen-bond acceptors (Lipinski definition) is 2. The van der Waals surface area contributed by atoms with Crippen molar-refractivity contribution in [2.75, 3.05) is 17.7 Å². The molecule has 0 spiro atoms. The minimum Gasteiger partial charge on any atom is -0.387 e. The lowest BCUT2D eigenvalue weighted by atomic mass is 10.1. The van der Waals surface area contributed by atoms with Crippen molar-refractivity contribution in [1.29, 1.82) is 0 Å². The van der Waals surface area contributed by atoms with Gasteiger partial charge in [-0.25, -0.2) is 4.39 Å². The zero-order chi connectivity index (χ0) is 13.8. The van der Waals surface area contributed by atoms with Gasteiger partial charge in [0.15, 0.2) is 0 Å². The number of nitrogens with one attached hydrogen (secondary N) is 2. The Labute approximate surface area is 119 Å². The maximum Gasteiger partial charge on any atom is 0.257 e. The number of amides is 1. The average Bonchev–Trinajstić information content (AvgIpc) is 2.38. The van der Waals surface area contributed by atoms with E-state index in [1.54, 1.807) is 19.2 Å². The normalized spacial score (nSPS) is 10.1. The highest BCUT2D eigenvalue weighted by Crippen LogP contribution is 2.20. The van der Waals surface area contributed by atoms with Gasteiger partial charge in [0.25, 0.3) is 5.91 Å². The van der Waals surface area contributed by atoms with Crippen LogP contribution in [0.1, 0.15) is 10.4 Å². The first-order chi connectivity index (χ1) is 9.10. The fourth-order valence-electron chi connectivity index (χ4n) is 1.69. The number of anilines is 2. The van der Waals surface area contributed by atoms with Crippen LogP contribution in [0.3, 0.4) is 0 Å². The Kier molecular flexibility index (Phi) is 4.16. The quantitative estimate of drug-likeness (QED) is 0.900. The van der Waals surface area contributed by atoms with Gasteiger partial charge >= 0.3 is 0 Å². The Morgan fingerprint density at radius 1 is 1.21 bits per heavy atom. The van der Waals surface area contributed by atoms with Crippen molar-refractivity contribution in [2.45, 2.75) is 0 Å². The average molecular weight is 323 g/mol. The molecular weight excluding hydrogens is 311 g/mol. The molecule has 0 saturated carbocycles. The topological polar surface area (TPSA) is 41.1 Å². The van der Waals surface area contributed by atoms with Gasteiger partial charge < -0.3 is 10.6 Å². The van der Waals surface area contributed by atoms with Crippen molar-refractivity contribution < 1.29 is 9.18 Å². The van der Waals surface area contributed by atoms with E-state index in [4.69, 9.17) is 0 Å². The summed E-state index contributed by atoms with van der Waals surface area (Å²) in [7, 11) is 1.68. The molecule has 0 radical (unpaired) electrons. The standard InChI is InChI=1S/C14H12BrFN2O/c1-17-13-6-5-10(16)8-12(13)14(19)18-11-4-2-3-9(15)7-11/h2-8,17H,1H3,(H,18,19). The van der Waals surface area contributed by atoms with Crippen LogP contribution in [-0.4, -0.2) is 13.0 Å². The molecule has 19 heavy (non-hydrogen) atoms. The van der Waals surface area contributed by atoms with Crippen LogP contribution in [0.2, 0.25) is 0 Å². The van der Waals surface area contributed by atoms with Crippen molar-refractivity contribution in [3.63, 3.8) is 0 Å². The second kappa shape index (κ2) is 5.84. The second-order valence-corrected chi connectivity index (χ2v) is 4.82. The highest BCUT2D eigenvalue weighted by atomic mass is 79.9. The van der Waals surface area contributed by atoms with Gasteiger partial charge in [0.2, 0.25) is 0 Å².